The summed E-state index contributed by atoms with van der Waals surface area (Å²) in [6.07, 6.45) is 9.04. The van der Waals surface area contributed by atoms with Crippen molar-refractivity contribution < 1.29 is 29.0 Å². The Balaban J connectivity index is 1.88. The first-order valence-electron chi connectivity index (χ1n) is 15.0. The van der Waals surface area contributed by atoms with Gasteiger partial charge in [-0.3, -0.25) is 24.2 Å². The average molecular weight is 583 g/mol. The summed E-state index contributed by atoms with van der Waals surface area (Å²) in [6.45, 7) is 7.72. The van der Waals surface area contributed by atoms with Crippen molar-refractivity contribution in [3.8, 4) is 0 Å². The first-order chi connectivity index (χ1) is 20.1. The third kappa shape index (κ3) is 9.52. The highest BCUT2D eigenvalue weighted by molar-refractivity contribution is 5.93. The van der Waals surface area contributed by atoms with E-state index in [9.17, 15) is 24.3 Å². The molecule has 1 aromatic rings. The van der Waals surface area contributed by atoms with E-state index >= 15 is 0 Å². The van der Waals surface area contributed by atoms with Crippen LogP contribution in [-0.2, 0) is 30.3 Å². The van der Waals surface area contributed by atoms with Gasteiger partial charge in [-0.05, 0) is 43.1 Å². The Hall–Kier alpha value is -3.50. The lowest BCUT2D eigenvalue weighted by Gasteiger charge is -2.35. The highest BCUT2D eigenvalue weighted by atomic mass is 16.5. The lowest BCUT2D eigenvalue weighted by Crippen LogP contribution is -2.62. The fourth-order valence-corrected chi connectivity index (χ4v) is 5.10. The molecule has 3 amide bonds. The Morgan fingerprint density at radius 3 is 2.43 bits per heavy atom. The number of cyclic esters (lactones) is 1. The van der Waals surface area contributed by atoms with Crippen molar-refractivity contribution in [2.75, 3.05) is 13.2 Å². The number of hydrogen-bond acceptors (Lipinski definition) is 7. The SMILES string of the molecule is CC(C)[C@@H]1NC(=O)[C@H](C)[C@H](O)[C@@H](C)CC=CC=CCCOC(=O)[C@@H]2CCCN(N2)C(=O)[C@H](Cc2ccccc2)NC1=O. The summed E-state index contributed by atoms with van der Waals surface area (Å²) in [6, 6.07) is 6.80. The number of carbonyl (C=O) groups excluding carboxylic acids is 4. The molecular weight excluding hydrogens is 536 g/mol. The van der Waals surface area contributed by atoms with Gasteiger partial charge in [-0.15, -0.1) is 0 Å². The number of benzene rings is 1. The van der Waals surface area contributed by atoms with Crippen LogP contribution in [0.5, 0.6) is 0 Å². The number of nitrogens with one attached hydrogen (secondary N) is 3. The van der Waals surface area contributed by atoms with E-state index in [1.54, 1.807) is 6.92 Å². The molecule has 10 heteroatoms. The lowest BCUT2D eigenvalue weighted by atomic mass is 9.89. The number of carbonyl (C=O) groups is 4. The number of nitrogens with zero attached hydrogens (tertiary/aromatic N) is 1. The van der Waals surface area contributed by atoms with E-state index in [1.165, 1.54) is 5.01 Å². The molecule has 0 aliphatic carbocycles. The van der Waals surface area contributed by atoms with Gasteiger partial charge in [-0.2, -0.15) is 0 Å². The summed E-state index contributed by atoms with van der Waals surface area (Å²) < 4.78 is 5.45. The molecule has 10 nitrogen and oxygen atoms in total. The topological polar surface area (TPSA) is 137 Å². The predicted molar refractivity (Wildman–Crippen MR) is 160 cm³/mol. The number of amides is 3. The highest BCUT2D eigenvalue weighted by Crippen LogP contribution is 2.19. The van der Waals surface area contributed by atoms with Gasteiger partial charge >= 0.3 is 5.97 Å². The van der Waals surface area contributed by atoms with Crippen LogP contribution in [0.1, 0.15) is 58.9 Å². The molecule has 42 heavy (non-hydrogen) atoms. The second-order valence-electron chi connectivity index (χ2n) is 11.6. The fourth-order valence-electron chi connectivity index (χ4n) is 5.10. The molecule has 2 aliphatic heterocycles. The number of hydrogen-bond donors (Lipinski definition) is 4. The van der Waals surface area contributed by atoms with Gasteiger partial charge in [-0.1, -0.05) is 82.3 Å². The molecule has 4 N–H and O–H groups in total. The van der Waals surface area contributed by atoms with Crippen LogP contribution >= 0.6 is 0 Å². The minimum atomic E-state index is -0.946. The smallest absolute Gasteiger partial charge is 0.324 e. The summed E-state index contributed by atoms with van der Waals surface area (Å²) in [7, 11) is 0. The highest BCUT2D eigenvalue weighted by Gasteiger charge is 2.36. The van der Waals surface area contributed by atoms with Crippen molar-refractivity contribution in [3.05, 3.63) is 60.2 Å². The van der Waals surface area contributed by atoms with E-state index < -0.39 is 47.9 Å². The van der Waals surface area contributed by atoms with Crippen LogP contribution in [0.3, 0.4) is 0 Å². The first-order valence-corrected chi connectivity index (χ1v) is 15.0. The van der Waals surface area contributed by atoms with Gasteiger partial charge in [-0.25, -0.2) is 5.43 Å². The maximum absolute atomic E-state index is 13.8. The van der Waals surface area contributed by atoms with Gasteiger partial charge in [0.05, 0.1) is 18.6 Å². The molecule has 1 saturated heterocycles. The van der Waals surface area contributed by atoms with Crippen LogP contribution in [-0.4, -0.2) is 71.2 Å². The molecule has 2 aliphatic rings. The quantitative estimate of drug-likeness (QED) is 0.402. The van der Waals surface area contributed by atoms with Crippen LogP contribution in [0, 0.1) is 17.8 Å². The fraction of sp³-hybridized carbons (Fsp3) is 0.562. The third-order valence-electron chi connectivity index (χ3n) is 7.81. The van der Waals surface area contributed by atoms with Gasteiger partial charge in [0.15, 0.2) is 0 Å². The van der Waals surface area contributed by atoms with E-state index in [0.29, 0.717) is 32.2 Å². The van der Waals surface area contributed by atoms with Crippen molar-refractivity contribution in [3.63, 3.8) is 0 Å². The number of allylic oxidation sites excluding steroid dienone is 3. The lowest BCUT2D eigenvalue weighted by molar-refractivity contribution is -0.153. The van der Waals surface area contributed by atoms with E-state index in [4.69, 9.17) is 4.74 Å². The first kappa shape index (κ1) is 33.0. The van der Waals surface area contributed by atoms with E-state index in [1.807, 2.05) is 75.4 Å². The van der Waals surface area contributed by atoms with Gasteiger partial charge < -0.3 is 20.5 Å². The van der Waals surface area contributed by atoms with Crippen molar-refractivity contribution in [1.82, 2.24) is 21.1 Å². The maximum Gasteiger partial charge on any atom is 0.324 e. The van der Waals surface area contributed by atoms with Crippen molar-refractivity contribution >= 4 is 23.7 Å². The summed E-state index contributed by atoms with van der Waals surface area (Å²) in [5.41, 5.74) is 3.86. The molecule has 1 aromatic carbocycles. The second kappa shape index (κ2) is 16.2. The number of fused-ring (bicyclic) bond motifs is 2. The second-order valence-corrected chi connectivity index (χ2v) is 11.6. The zero-order valence-corrected chi connectivity index (χ0v) is 25.1. The zero-order valence-electron chi connectivity index (χ0n) is 25.1. The van der Waals surface area contributed by atoms with Gasteiger partial charge in [0, 0.05) is 13.0 Å². The molecule has 2 heterocycles. The van der Waals surface area contributed by atoms with Gasteiger partial charge in [0.2, 0.25) is 11.8 Å². The average Bonchev–Trinajstić information content (AvgIpc) is 2.99. The normalized spacial score (nSPS) is 29.2. The summed E-state index contributed by atoms with van der Waals surface area (Å²) in [5.74, 6) is -2.96. The Labute approximate surface area is 248 Å². The number of rotatable bonds is 3. The van der Waals surface area contributed by atoms with Gasteiger partial charge in [0.1, 0.15) is 18.1 Å². The Morgan fingerprint density at radius 2 is 1.71 bits per heavy atom. The molecule has 230 valence electrons. The monoisotopic (exact) mass is 582 g/mol. The number of aliphatic hydroxyl groups is 1. The summed E-state index contributed by atoms with van der Waals surface area (Å²) in [5, 5.41) is 17.9. The Bertz CT molecular complexity index is 1120. The number of aliphatic hydroxyl groups excluding tert-OH is 1. The number of ether oxygens (including phenoxy) is 1. The molecule has 1 fully saturated rings. The van der Waals surface area contributed by atoms with E-state index in [-0.39, 0.29) is 30.8 Å². The molecule has 0 unspecified atom stereocenters. The van der Waals surface area contributed by atoms with Crippen LogP contribution in [0.2, 0.25) is 0 Å². The van der Waals surface area contributed by atoms with Crippen molar-refractivity contribution in [1.29, 1.82) is 0 Å². The third-order valence-corrected chi connectivity index (χ3v) is 7.81. The summed E-state index contributed by atoms with van der Waals surface area (Å²) >= 11 is 0. The van der Waals surface area contributed by atoms with Crippen molar-refractivity contribution in [2.24, 2.45) is 17.8 Å². The van der Waals surface area contributed by atoms with E-state index in [2.05, 4.69) is 16.1 Å². The Morgan fingerprint density at radius 1 is 1.00 bits per heavy atom. The van der Waals surface area contributed by atoms with Gasteiger partial charge in [0.25, 0.3) is 5.91 Å². The van der Waals surface area contributed by atoms with Crippen LogP contribution in [0.15, 0.2) is 54.6 Å². The Kier molecular flexibility index (Phi) is 12.7. The van der Waals surface area contributed by atoms with Crippen molar-refractivity contribution in [2.45, 2.75) is 84.0 Å². The minimum absolute atomic E-state index is 0.200. The largest absolute Gasteiger partial charge is 0.464 e. The zero-order chi connectivity index (χ0) is 30.6. The van der Waals surface area contributed by atoms with Crippen LogP contribution in [0.25, 0.3) is 0 Å². The molecule has 0 aromatic heterocycles. The molecular formula is C32H46N4O6. The molecule has 6 atom stereocenters. The molecule has 0 saturated carbocycles. The van der Waals surface area contributed by atoms with E-state index in [0.717, 1.165) is 5.56 Å². The predicted octanol–water partition coefficient (Wildman–Crippen LogP) is 2.43. The molecule has 2 bridgehead atoms. The summed E-state index contributed by atoms with van der Waals surface area (Å²) in [4.78, 5) is 53.3. The molecule has 0 spiro atoms. The minimum Gasteiger partial charge on any atom is -0.464 e. The van der Waals surface area contributed by atoms with Crippen LogP contribution < -0.4 is 16.1 Å². The molecule has 3 rings (SSSR count). The standard InChI is InChI=1S/C32H46N4O6/c1-21(2)27-30(39)33-26(20-24-15-10-8-11-16-24)31(40)36-18-13-17-25(35-36)32(41)42-19-12-7-5-6-9-14-22(3)28(37)23(4)29(38)34-27/h5-11,15-16,21-23,25-28,35,37H,12-14,17-20H2,1-4H3,(H,33,39)(H,34,38)/t22-,23+,25-,26-,27-,28+/m0/s1. The van der Waals surface area contributed by atoms with Crippen LogP contribution in [0.4, 0.5) is 0 Å². The number of hydrazine groups is 1. The molecule has 0 radical (unpaired) electrons. The maximum atomic E-state index is 13.8. The number of esters is 1.